The highest BCUT2D eigenvalue weighted by Gasteiger charge is 2.32. The Morgan fingerprint density at radius 1 is 1.36 bits per heavy atom. The van der Waals surface area contributed by atoms with Gasteiger partial charge in [-0.25, -0.2) is 8.42 Å². The fourth-order valence-electron chi connectivity index (χ4n) is 1.92. The Hall–Kier alpha value is -2.40. The van der Waals surface area contributed by atoms with Gasteiger partial charge in [-0.1, -0.05) is 23.9 Å². The van der Waals surface area contributed by atoms with Crippen LogP contribution >= 0.6 is 11.8 Å². The monoisotopic (exact) mass is 384 g/mol. The first kappa shape index (κ1) is 18.9. The van der Waals surface area contributed by atoms with Gasteiger partial charge in [-0.15, -0.1) is 5.10 Å². The van der Waals surface area contributed by atoms with Crippen molar-refractivity contribution < 1.29 is 23.1 Å². The number of nitrogens with one attached hydrogen (secondary N) is 2. The fraction of sp³-hybridized carbons (Fsp3) is 0.286. The highest BCUT2D eigenvalue weighted by Crippen LogP contribution is 2.22. The van der Waals surface area contributed by atoms with E-state index < -0.39 is 27.1 Å². The second kappa shape index (κ2) is 7.66. The summed E-state index contributed by atoms with van der Waals surface area (Å²) >= 11 is 1.02. The van der Waals surface area contributed by atoms with Crippen LogP contribution in [0.4, 0.5) is 5.69 Å². The summed E-state index contributed by atoms with van der Waals surface area (Å²) < 4.78 is 24.7. The van der Waals surface area contributed by atoms with E-state index >= 15 is 0 Å². The molecule has 2 rings (SSSR count). The van der Waals surface area contributed by atoms with E-state index in [1.54, 1.807) is 31.2 Å². The van der Waals surface area contributed by atoms with Crippen LogP contribution in [0.2, 0.25) is 0 Å². The largest absolute Gasteiger partial charge is 0.481 e. The number of rotatable bonds is 6. The smallest absolute Gasteiger partial charge is 0.305 e. The molecule has 1 aliphatic heterocycles. The molecule has 1 heterocycles. The molecule has 0 bridgehead atoms. The minimum absolute atomic E-state index is 0.242. The van der Waals surface area contributed by atoms with Gasteiger partial charge in [0.05, 0.1) is 18.4 Å². The molecule has 0 spiro atoms. The van der Waals surface area contributed by atoms with Crippen LogP contribution in [0.1, 0.15) is 18.9 Å². The molecule has 3 N–H and O–H groups in total. The lowest BCUT2D eigenvalue weighted by atomic mass is 10.1. The second-order valence-corrected chi connectivity index (χ2v) is 8.18. The summed E-state index contributed by atoms with van der Waals surface area (Å²) in [6, 6.07) is 6.55. The molecule has 0 radical (unpaired) electrons. The Morgan fingerprint density at radius 2 is 2.00 bits per heavy atom. The first-order valence-electron chi connectivity index (χ1n) is 7.04. The fourth-order valence-corrected chi connectivity index (χ4v) is 3.39. The van der Waals surface area contributed by atoms with E-state index in [0.29, 0.717) is 11.4 Å². The number of nitrogens with zero attached hydrogens (tertiary/aromatic N) is 2. The Balaban J connectivity index is 2.06. The maximum Gasteiger partial charge on any atom is 0.305 e. The number of hydrogen-bond donors (Lipinski definition) is 3. The van der Waals surface area contributed by atoms with E-state index in [2.05, 4.69) is 20.2 Å². The zero-order valence-electron chi connectivity index (χ0n) is 13.4. The number of carboxylic acid groups (broad SMARTS) is 1. The van der Waals surface area contributed by atoms with Crippen LogP contribution in [0.5, 0.6) is 0 Å². The molecule has 1 amide bonds. The lowest BCUT2D eigenvalue weighted by Crippen LogP contribution is -2.26. The molecule has 1 fully saturated rings. The highest BCUT2D eigenvalue weighted by molar-refractivity contribution is 8.15. The van der Waals surface area contributed by atoms with E-state index in [4.69, 9.17) is 5.11 Å². The van der Waals surface area contributed by atoms with Gasteiger partial charge < -0.3 is 10.4 Å². The summed E-state index contributed by atoms with van der Waals surface area (Å²) in [5.74, 6) is -1.47. The van der Waals surface area contributed by atoms with E-state index in [1.807, 2.05) is 0 Å². The molecule has 0 aliphatic carbocycles. The predicted octanol–water partition coefficient (Wildman–Crippen LogP) is 0.844. The Labute approximate surface area is 148 Å². The normalized spacial score (nSPS) is 19.8. The third kappa shape index (κ3) is 5.87. The van der Waals surface area contributed by atoms with Gasteiger partial charge in [0.15, 0.2) is 5.17 Å². The summed E-state index contributed by atoms with van der Waals surface area (Å²) in [6.07, 6.45) is 0.780. The molecule has 134 valence electrons. The molecule has 0 aromatic heterocycles. The third-order valence-corrected chi connectivity index (χ3v) is 4.71. The standard InChI is InChI=1S/C14H16N4O5S2/c1-8(9-3-5-10(6-4-9)18-25(2,22)23)16-17-14-15-13(21)11(24-14)7-12(19)20/h3-6,11,18H,7H2,1-2H3,(H,19,20)(H,15,17,21)/b16-8+/t11-/m1/s1. The number of sulfonamides is 1. The van der Waals surface area contributed by atoms with Crippen molar-refractivity contribution in [3.8, 4) is 0 Å². The average Bonchev–Trinajstić information content (AvgIpc) is 2.83. The number of hydrogen-bond acceptors (Lipinski definition) is 7. The number of anilines is 1. The van der Waals surface area contributed by atoms with E-state index in [1.165, 1.54) is 0 Å². The predicted molar refractivity (Wildman–Crippen MR) is 96.3 cm³/mol. The average molecular weight is 384 g/mol. The minimum atomic E-state index is -3.34. The van der Waals surface area contributed by atoms with Crippen molar-refractivity contribution in [2.75, 3.05) is 11.0 Å². The summed E-state index contributed by atoms with van der Waals surface area (Å²) in [7, 11) is -3.34. The van der Waals surface area contributed by atoms with Crippen LogP contribution in [-0.2, 0) is 19.6 Å². The van der Waals surface area contributed by atoms with Crippen molar-refractivity contribution in [2.45, 2.75) is 18.6 Å². The van der Waals surface area contributed by atoms with Crippen molar-refractivity contribution in [3.05, 3.63) is 29.8 Å². The molecule has 9 nitrogen and oxygen atoms in total. The number of amides is 1. The SMILES string of the molecule is C/C(=N\N=C1\NC(=O)[C@@H](CC(=O)O)S1)c1ccc(NS(C)(=O)=O)cc1. The van der Waals surface area contributed by atoms with Gasteiger partial charge in [-0.05, 0) is 24.6 Å². The van der Waals surface area contributed by atoms with Gasteiger partial charge in [-0.3, -0.25) is 14.3 Å². The first-order valence-corrected chi connectivity index (χ1v) is 9.81. The van der Waals surface area contributed by atoms with Crippen molar-refractivity contribution in [1.82, 2.24) is 5.32 Å². The van der Waals surface area contributed by atoms with Crippen LogP contribution in [0, 0.1) is 0 Å². The highest BCUT2D eigenvalue weighted by atomic mass is 32.2. The van der Waals surface area contributed by atoms with Crippen LogP contribution in [0.15, 0.2) is 34.5 Å². The second-order valence-electron chi connectivity index (χ2n) is 5.24. The van der Waals surface area contributed by atoms with Crippen molar-refractivity contribution >= 4 is 50.2 Å². The van der Waals surface area contributed by atoms with E-state index in [0.717, 1.165) is 23.6 Å². The summed E-state index contributed by atoms with van der Waals surface area (Å²) in [5.41, 5.74) is 1.70. The third-order valence-electron chi connectivity index (χ3n) is 3.03. The Morgan fingerprint density at radius 3 is 2.56 bits per heavy atom. The lowest BCUT2D eigenvalue weighted by molar-refractivity contribution is -0.138. The molecule has 1 aliphatic rings. The zero-order chi connectivity index (χ0) is 18.6. The number of thioether (sulfide) groups is 1. The van der Waals surface area contributed by atoms with Crippen LogP contribution in [0.25, 0.3) is 0 Å². The molecule has 1 atom stereocenters. The van der Waals surface area contributed by atoms with Gasteiger partial charge in [0, 0.05) is 5.69 Å². The topological polar surface area (TPSA) is 137 Å². The molecular formula is C14H16N4O5S2. The molecule has 1 aromatic carbocycles. The van der Waals surface area contributed by atoms with Gasteiger partial charge in [0.2, 0.25) is 15.9 Å². The van der Waals surface area contributed by atoms with Crippen LogP contribution in [0.3, 0.4) is 0 Å². The van der Waals surface area contributed by atoms with Crippen molar-refractivity contribution in [2.24, 2.45) is 10.2 Å². The number of carbonyl (C=O) groups is 2. The number of aliphatic carboxylic acids is 1. The van der Waals surface area contributed by atoms with Crippen molar-refractivity contribution in [1.29, 1.82) is 0 Å². The van der Waals surface area contributed by atoms with E-state index in [9.17, 15) is 18.0 Å². The first-order chi connectivity index (χ1) is 11.6. The maximum absolute atomic E-state index is 11.6. The molecule has 11 heteroatoms. The van der Waals surface area contributed by atoms with Crippen LogP contribution < -0.4 is 10.0 Å². The Bertz CT molecular complexity index is 846. The maximum atomic E-state index is 11.6. The van der Waals surface area contributed by atoms with Gasteiger partial charge in [0.25, 0.3) is 0 Å². The molecule has 1 aromatic rings. The van der Waals surface area contributed by atoms with Crippen LogP contribution in [-0.4, -0.2) is 47.8 Å². The van der Waals surface area contributed by atoms with Gasteiger partial charge in [-0.2, -0.15) is 5.10 Å². The molecule has 1 saturated heterocycles. The molecular weight excluding hydrogens is 368 g/mol. The molecule has 25 heavy (non-hydrogen) atoms. The zero-order valence-corrected chi connectivity index (χ0v) is 15.0. The lowest BCUT2D eigenvalue weighted by Gasteiger charge is -2.05. The molecule has 0 saturated carbocycles. The minimum Gasteiger partial charge on any atom is -0.481 e. The molecule has 0 unspecified atom stereocenters. The summed E-state index contributed by atoms with van der Waals surface area (Å²) in [6.45, 7) is 1.71. The Kier molecular flexibility index (Phi) is 5.80. The summed E-state index contributed by atoms with van der Waals surface area (Å²) in [4.78, 5) is 22.3. The van der Waals surface area contributed by atoms with E-state index in [-0.39, 0.29) is 11.6 Å². The number of benzene rings is 1. The number of carbonyl (C=O) groups excluding carboxylic acids is 1. The quantitative estimate of drug-likeness (QED) is 0.491. The number of carboxylic acids is 1. The summed E-state index contributed by atoms with van der Waals surface area (Å²) in [5, 5.41) is 18.7. The van der Waals surface area contributed by atoms with Gasteiger partial charge >= 0.3 is 5.97 Å². The van der Waals surface area contributed by atoms with Crippen molar-refractivity contribution in [3.63, 3.8) is 0 Å². The van der Waals surface area contributed by atoms with Gasteiger partial charge in [0.1, 0.15) is 5.25 Å². The number of amidine groups is 1.